The number of nitro groups is 1. The lowest BCUT2D eigenvalue weighted by Gasteiger charge is -2.41. The molecule has 0 unspecified atom stereocenters. The second kappa shape index (κ2) is 5.78. The second-order valence-electron chi connectivity index (χ2n) is 5.69. The van der Waals surface area contributed by atoms with Crippen molar-refractivity contribution in [3.63, 3.8) is 0 Å². The Bertz CT molecular complexity index is 599. The molecule has 8 nitrogen and oxygen atoms in total. The normalized spacial score (nSPS) is 18.9. The number of hydrogen-bond donors (Lipinski definition) is 0. The van der Waals surface area contributed by atoms with Crippen molar-refractivity contribution in [2.75, 3.05) is 26.2 Å². The van der Waals surface area contributed by atoms with Crippen LogP contribution >= 0.6 is 0 Å². The zero-order valence-corrected chi connectivity index (χ0v) is 12.1. The zero-order valence-electron chi connectivity index (χ0n) is 12.1. The van der Waals surface area contributed by atoms with Gasteiger partial charge in [-0.25, -0.2) is 0 Å². The summed E-state index contributed by atoms with van der Waals surface area (Å²) in [5, 5.41) is 10.5. The van der Waals surface area contributed by atoms with Gasteiger partial charge in [0.2, 0.25) is 5.91 Å². The van der Waals surface area contributed by atoms with E-state index < -0.39 is 16.7 Å². The van der Waals surface area contributed by atoms with E-state index in [1.54, 1.807) is 0 Å². The number of furan rings is 1. The predicted octanol–water partition coefficient (Wildman–Crippen LogP) is 1.27. The second-order valence-corrected chi connectivity index (χ2v) is 5.69. The highest BCUT2D eigenvalue weighted by Gasteiger charge is 2.39. The van der Waals surface area contributed by atoms with E-state index in [4.69, 9.17) is 4.42 Å². The summed E-state index contributed by atoms with van der Waals surface area (Å²) in [6.07, 6.45) is 3.24. The van der Waals surface area contributed by atoms with Crippen LogP contribution < -0.4 is 0 Å². The fourth-order valence-corrected chi connectivity index (χ4v) is 2.87. The Morgan fingerprint density at radius 3 is 2.41 bits per heavy atom. The van der Waals surface area contributed by atoms with Crippen molar-refractivity contribution in [3.05, 3.63) is 28.0 Å². The van der Waals surface area contributed by atoms with Crippen LogP contribution in [0.4, 0.5) is 5.88 Å². The van der Waals surface area contributed by atoms with Crippen LogP contribution in [0.2, 0.25) is 0 Å². The highest BCUT2D eigenvalue weighted by Crippen LogP contribution is 2.24. The van der Waals surface area contributed by atoms with Crippen molar-refractivity contribution in [1.82, 2.24) is 9.80 Å². The van der Waals surface area contributed by atoms with E-state index >= 15 is 0 Å². The first-order valence-electron chi connectivity index (χ1n) is 7.38. The Hall–Kier alpha value is -2.38. The first kappa shape index (κ1) is 14.6. The summed E-state index contributed by atoms with van der Waals surface area (Å²) in [4.78, 5) is 37.6. The van der Waals surface area contributed by atoms with E-state index in [2.05, 4.69) is 0 Å². The molecule has 0 N–H and O–H groups in total. The lowest BCUT2D eigenvalue weighted by Crippen LogP contribution is -2.56. The van der Waals surface area contributed by atoms with Crippen molar-refractivity contribution < 1.29 is 18.9 Å². The summed E-state index contributed by atoms with van der Waals surface area (Å²) >= 11 is 0. The SMILES string of the molecule is O=C(c1ccc([N+](=O)[O-])o1)N1CC(C(=O)N2CCCCC2)C1. The molecule has 2 aliphatic heterocycles. The molecule has 0 saturated carbocycles. The average molecular weight is 307 g/mol. The molecule has 0 bridgehead atoms. The lowest BCUT2D eigenvalue weighted by molar-refractivity contribution is -0.402. The number of nitrogens with zero attached hydrogens (tertiary/aromatic N) is 3. The van der Waals surface area contributed by atoms with E-state index in [9.17, 15) is 19.7 Å². The predicted molar refractivity (Wildman–Crippen MR) is 75.2 cm³/mol. The van der Waals surface area contributed by atoms with E-state index in [0.29, 0.717) is 13.1 Å². The summed E-state index contributed by atoms with van der Waals surface area (Å²) < 4.78 is 4.89. The summed E-state index contributed by atoms with van der Waals surface area (Å²) in [6.45, 7) is 2.30. The third-order valence-electron chi connectivity index (χ3n) is 4.17. The zero-order chi connectivity index (χ0) is 15.7. The molecule has 3 rings (SSSR count). The third-order valence-corrected chi connectivity index (χ3v) is 4.17. The van der Waals surface area contributed by atoms with Gasteiger partial charge in [0.05, 0.1) is 12.0 Å². The Labute approximate surface area is 126 Å². The van der Waals surface area contributed by atoms with Crippen LogP contribution in [0, 0.1) is 16.0 Å². The van der Waals surface area contributed by atoms with Gasteiger partial charge in [0.15, 0.2) is 5.76 Å². The molecule has 0 atom stereocenters. The number of hydrogen-bond acceptors (Lipinski definition) is 5. The van der Waals surface area contributed by atoms with E-state index in [0.717, 1.165) is 38.4 Å². The van der Waals surface area contributed by atoms with Gasteiger partial charge in [-0.2, -0.15) is 0 Å². The van der Waals surface area contributed by atoms with Crippen LogP contribution in [-0.2, 0) is 4.79 Å². The van der Waals surface area contributed by atoms with Crippen LogP contribution in [0.3, 0.4) is 0 Å². The number of piperidine rings is 1. The number of likely N-dealkylation sites (tertiary alicyclic amines) is 2. The molecule has 22 heavy (non-hydrogen) atoms. The van der Waals surface area contributed by atoms with Gasteiger partial charge in [0.25, 0.3) is 5.91 Å². The first-order valence-corrected chi connectivity index (χ1v) is 7.38. The standard InChI is InChI=1S/C14H17N3O5/c18-13(15-6-2-1-3-7-15)10-8-16(9-10)14(19)11-4-5-12(22-11)17(20)21/h4-5,10H,1-3,6-9H2. The smallest absolute Gasteiger partial charge is 0.395 e. The maximum atomic E-state index is 12.3. The first-order chi connectivity index (χ1) is 10.6. The van der Waals surface area contributed by atoms with Crippen molar-refractivity contribution in [2.24, 2.45) is 5.92 Å². The van der Waals surface area contributed by atoms with Crippen LogP contribution in [-0.4, -0.2) is 52.7 Å². The van der Waals surface area contributed by atoms with Gasteiger partial charge in [-0.1, -0.05) is 0 Å². The Morgan fingerprint density at radius 2 is 1.82 bits per heavy atom. The van der Waals surface area contributed by atoms with Gasteiger partial charge < -0.3 is 14.2 Å². The molecule has 8 heteroatoms. The number of carbonyl (C=O) groups excluding carboxylic acids is 2. The van der Waals surface area contributed by atoms with Crippen molar-refractivity contribution in [1.29, 1.82) is 0 Å². The lowest BCUT2D eigenvalue weighted by atomic mass is 9.96. The van der Waals surface area contributed by atoms with Gasteiger partial charge in [0.1, 0.15) is 4.92 Å². The van der Waals surface area contributed by atoms with Crippen LogP contribution in [0.5, 0.6) is 0 Å². The number of rotatable bonds is 3. The van der Waals surface area contributed by atoms with Gasteiger partial charge in [-0.3, -0.25) is 19.7 Å². The molecule has 2 saturated heterocycles. The van der Waals surface area contributed by atoms with Crippen molar-refractivity contribution in [3.8, 4) is 0 Å². The van der Waals surface area contributed by atoms with Crippen LogP contribution in [0.25, 0.3) is 0 Å². The van der Waals surface area contributed by atoms with Gasteiger partial charge >= 0.3 is 5.88 Å². The molecule has 0 radical (unpaired) electrons. The molecule has 0 aromatic carbocycles. The third kappa shape index (κ3) is 2.68. The summed E-state index contributed by atoms with van der Waals surface area (Å²) in [6, 6.07) is 2.45. The molecule has 0 aliphatic carbocycles. The number of carbonyl (C=O) groups is 2. The highest BCUT2D eigenvalue weighted by atomic mass is 16.6. The molecular formula is C14H17N3O5. The summed E-state index contributed by atoms with van der Waals surface area (Å²) in [5.41, 5.74) is 0. The van der Waals surface area contributed by atoms with Gasteiger partial charge in [0, 0.05) is 26.2 Å². The minimum atomic E-state index is -0.685. The minimum absolute atomic E-state index is 0.0597. The summed E-state index contributed by atoms with van der Waals surface area (Å²) in [7, 11) is 0. The molecule has 1 aromatic rings. The molecule has 2 fully saturated rings. The maximum absolute atomic E-state index is 12.3. The molecule has 0 spiro atoms. The van der Waals surface area contributed by atoms with E-state index in [1.165, 1.54) is 11.0 Å². The molecule has 3 heterocycles. The Kier molecular flexibility index (Phi) is 3.82. The van der Waals surface area contributed by atoms with E-state index in [-0.39, 0.29) is 17.6 Å². The van der Waals surface area contributed by atoms with Crippen molar-refractivity contribution in [2.45, 2.75) is 19.3 Å². The maximum Gasteiger partial charge on any atom is 0.433 e. The average Bonchev–Trinajstić information content (AvgIpc) is 2.96. The molecule has 2 amide bonds. The molecule has 2 aliphatic rings. The largest absolute Gasteiger partial charge is 0.433 e. The molecule has 118 valence electrons. The monoisotopic (exact) mass is 307 g/mol. The number of amides is 2. The minimum Gasteiger partial charge on any atom is -0.395 e. The Balaban J connectivity index is 1.54. The fourth-order valence-electron chi connectivity index (χ4n) is 2.87. The molecule has 1 aromatic heterocycles. The topological polar surface area (TPSA) is 96.9 Å². The van der Waals surface area contributed by atoms with Gasteiger partial charge in [-0.15, -0.1) is 0 Å². The fraction of sp³-hybridized carbons (Fsp3) is 0.571. The highest BCUT2D eigenvalue weighted by molar-refractivity contribution is 5.94. The van der Waals surface area contributed by atoms with E-state index in [1.807, 2.05) is 4.90 Å². The quantitative estimate of drug-likeness (QED) is 0.619. The van der Waals surface area contributed by atoms with Crippen LogP contribution in [0.1, 0.15) is 29.8 Å². The molecular weight excluding hydrogens is 290 g/mol. The Morgan fingerprint density at radius 1 is 1.14 bits per heavy atom. The summed E-state index contributed by atoms with van der Waals surface area (Å²) in [5.74, 6) is -0.975. The van der Waals surface area contributed by atoms with Crippen molar-refractivity contribution >= 4 is 17.7 Å². The van der Waals surface area contributed by atoms with Crippen LogP contribution in [0.15, 0.2) is 16.5 Å². The van der Waals surface area contributed by atoms with Gasteiger partial charge in [-0.05, 0) is 25.3 Å².